The number of Topliss-reactive ketones (excluding diaryl/α,β-unsaturated/α-hetero) is 1. The van der Waals surface area contributed by atoms with Crippen molar-refractivity contribution in [1.29, 1.82) is 0 Å². The number of esters is 1. The minimum Gasteiger partial charge on any atom is -0.454 e. The summed E-state index contributed by atoms with van der Waals surface area (Å²) in [5.41, 5.74) is 3.22. The highest BCUT2D eigenvalue weighted by Gasteiger charge is 2.36. The number of carbonyl (C=O) groups is 4. The van der Waals surface area contributed by atoms with Crippen molar-refractivity contribution in [1.82, 2.24) is 4.98 Å². The average molecular weight is 581 g/mol. The van der Waals surface area contributed by atoms with Gasteiger partial charge in [0.05, 0.1) is 38.6 Å². The zero-order valence-corrected chi connectivity index (χ0v) is 22.6. The molecule has 6 rings (SSSR count). The van der Waals surface area contributed by atoms with Gasteiger partial charge in [0.15, 0.2) is 6.61 Å². The molecule has 41 heavy (non-hydrogen) atoms. The van der Waals surface area contributed by atoms with E-state index in [9.17, 15) is 19.2 Å². The lowest BCUT2D eigenvalue weighted by Gasteiger charge is -2.15. The number of halogens is 2. The summed E-state index contributed by atoms with van der Waals surface area (Å²) in [6.45, 7) is -0.513. The van der Waals surface area contributed by atoms with E-state index in [-0.39, 0.29) is 28.0 Å². The predicted molar refractivity (Wildman–Crippen MR) is 156 cm³/mol. The largest absolute Gasteiger partial charge is 0.454 e. The smallest absolute Gasteiger partial charge is 0.339 e. The summed E-state index contributed by atoms with van der Waals surface area (Å²) in [6.07, 6.45) is 0. The number of pyridine rings is 1. The van der Waals surface area contributed by atoms with E-state index in [1.54, 1.807) is 78.9 Å². The van der Waals surface area contributed by atoms with Gasteiger partial charge in [-0.3, -0.25) is 14.4 Å². The Kier molecular flexibility index (Phi) is 6.83. The first-order valence-electron chi connectivity index (χ1n) is 12.5. The molecule has 7 nitrogen and oxygen atoms in total. The standard InChI is InChI=1S/C32H18Cl2N2O5/c33-19-11-14-24(26(34)15-19)29(37)17-41-32(40)25-16-28(35-27-8-4-3-5-21(25)27)18-9-12-20(13-10-18)36-30(38)22-6-1-2-7-23(22)31(36)39/h1-16H,17H2. The Morgan fingerprint density at radius 1 is 0.756 bits per heavy atom. The third kappa shape index (κ3) is 4.86. The molecule has 0 N–H and O–H groups in total. The molecule has 2 amide bonds. The lowest BCUT2D eigenvalue weighted by molar-refractivity contribution is 0.0476. The lowest BCUT2D eigenvalue weighted by Crippen LogP contribution is -2.29. The number of carbonyl (C=O) groups excluding carboxylic acids is 4. The molecule has 0 radical (unpaired) electrons. The van der Waals surface area contributed by atoms with Crippen LogP contribution in [-0.2, 0) is 4.74 Å². The SMILES string of the molecule is O=C(COC(=O)c1cc(-c2ccc(N3C(=O)c4ccccc4C3=O)cc2)nc2ccccc12)c1ccc(Cl)cc1Cl. The maximum absolute atomic E-state index is 13.2. The van der Waals surface area contributed by atoms with Crippen molar-refractivity contribution in [3.8, 4) is 11.3 Å². The number of benzene rings is 4. The highest BCUT2D eigenvalue weighted by Crippen LogP contribution is 2.31. The molecule has 1 aliphatic heterocycles. The second kappa shape index (κ2) is 10.6. The number of fused-ring (bicyclic) bond motifs is 2. The van der Waals surface area contributed by atoms with Crippen LogP contribution in [0.4, 0.5) is 5.69 Å². The molecule has 5 aromatic rings. The molecule has 1 aliphatic rings. The van der Waals surface area contributed by atoms with Gasteiger partial charge in [-0.15, -0.1) is 0 Å². The first-order valence-corrected chi connectivity index (χ1v) is 13.2. The van der Waals surface area contributed by atoms with Gasteiger partial charge in [-0.1, -0.05) is 65.7 Å². The number of rotatable bonds is 6. The van der Waals surface area contributed by atoms with E-state index in [0.717, 1.165) is 4.90 Å². The third-order valence-corrected chi connectivity index (χ3v) is 7.27. The number of amides is 2. The van der Waals surface area contributed by atoms with Gasteiger partial charge in [-0.05, 0) is 54.6 Å². The summed E-state index contributed by atoms with van der Waals surface area (Å²) in [5.74, 6) is -1.95. The summed E-state index contributed by atoms with van der Waals surface area (Å²) >= 11 is 12.0. The van der Waals surface area contributed by atoms with E-state index in [0.29, 0.717) is 44.0 Å². The fourth-order valence-corrected chi connectivity index (χ4v) is 5.21. The van der Waals surface area contributed by atoms with Gasteiger partial charge in [-0.25, -0.2) is 14.7 Å². The zero-order chi connectivity index (χ0) is 28.7. The monoisotopic (exact) mass is 580 g/mol. The van der Waals surface area contributed by atoms with Gasteiger partial charge >= 0.3 is 5.97 Å². The van der Waals surface area contributed by atoms with Gasteiger partial charge in [0.1, 0.15) is 0 Å². The van der Waals surface area contributed by atoms with Crippen molar-refractivity contribution in [3.05, 3.63) is 129 Å². The first kappa shape index (κ1) is 26.4. The van der Waals surface area contributed by atoms with Crippen LogP contribution in [-0.4, -0.2) is 35.2 Å². The molecule has 0 atom stereocenters. The van der Waals surface area contributed by atoms with E-state index in [2.05, 4.69) is 4.98 Å². The molecule has 0 saturated heterocycles. The summed E-state index contributed by atoms with van der Waals surface area (Å²) < 4.78 is 5.38. The summed E-state index contributed by atoms with van der Waals surface area (Å²) in [7, 11) is 0. The van der Waals surface area contributed by atoms with Crippen LogP contribution in [0.15, 0.2) is 97.1 Å². The fraction of sp³-hybridized carbons (Fsp3) is 0.0312. The highest BCUT2D eigenvalue weighted by atomic mass is 35.5. The van der Waals surface area contributed by atoms with Crippen LogP contribution in [0, 0.1) is 0 Å². The van der Waals surface area contributed by atoms with Crippen molar-refractivity contribution in [2.45, 2.75) is 0 Å². The number of hydrogen-bond acceptors (Lipinski definition) is 6. The minimum atomic E-state index is -0.703. The van der Waals surface area contributed by atoms with E-state index in [4.69, 9.17) is 27.9 Å². The number of nitrogens with zero attached hydrogens (tertiary/aromatic N) is 2. The average Bonchev–Trinajstić information content (AvgIpc) is 3.24. The summed E-state index contributed by atoms with van der Waals surface area (Å²) in [4.78, 5) is 57.4. The van der Waals surface area contributed by atoms with Crippen molar-refractivity contribution in [3.63, 3.8) is 0 Å². The molecule has 4 aromatic carbocycles. The molecule has 1 aromatic heterocycles. The Morgan fingerprint density at radius 3 is 2.10 bits per heavy atom. The maximum atomic E-state index is 13.2. The predicted octanol–water partition coefficient (Wildman–Crippen LogP) is 7.05. The lowest BCUT2D eigenvalue weighted by atomic mass is 10.0. The van der Waals surface area contributed by atoms with Crippen LogP contribution in [0.2, 0.25) is 10.0 Å². The Bertz CT molecular complexity index is 1870. The van der Waals surface area contributed by atoms with Crippen LogP contribution in [0.3, 0.4) is 0 Å². The number of ketones is 1. The molecule has 0 aliphatic carbocycles. The van der Waals surface area contributed by atoms with Gasteiger partial charge < -0.3 is 4.74 Å². The molecule has 0 saturated carbocycles. The van der Waals surface area contributed by atoms with E-state index < -0.39 is 18.4 Å². The molecule has 0 fully saturated rings. The fourth-order valence-electron chi connectivity index (χ4n) is 4.70. The highest BCUT2D eigenvalue weighted by molar-refractivity contribution is 6.37. The van der Waals surface area contributed by atoms with Crippen molar-refractivity contribution >= 4 is 63.4 Å². The summed E-state index contributed by atoms with van der Waals surface area (Å²) in [5, 5.41) is 1.11. The Balaban J connectivity index is 1.28. The number of aromatic nitrogens is 1. The molecule has 2 heterocycles. The van der Waals surface area contributed by atoms with Crippen molar-refractivity contribution in [2.24, 2.45) is 0 Å². The number of hydrogen-bond donors (Lipinski definition) is 0. The Labute approximate surface area is 243 Å². The van der Waals surface area contributed by atoms with Crippen LogP contribution in [0.1, 0.15) is 41.4 Å². The Morgan fingerprint density at radius 2 is 1.41 bits per heavy atom. The normalized spacial score (nSPS) is 12.5. The quantitative estimate of drug-likeness (QED) is 0.121. The molecule has 200 valence electrons. The second-order valence-corrected chi connectivity index (χ2v) is 10.1. The topological polar surface area (TPSA) is 93.6 Å². The molecule has 0 unspecified atom stereocenters. The van der Waals surface area contributed by atoms with Crippen molar-refractivity contribution in [2.75, 3.05) is 11.5 Å². The minimum absolute atomic E-state index is 0.167. The number of anilines is 1. The van der Waals surface area contributed by atoms with Gasteiger partial charge in [-0.2, -0.15) is 0 Å². The third-order valence-electron chi connectivity index (χ3n) is 6.72. The molecule has 0 spiro atoms. The summed E-state index contributed by atoms with van der Waals surface area (Å²) in [6, 6.07) is 26.5. The van der Waals surface area contributed by atoms with Gasteiger partial charge in [0.25, 0.3) is 11.8 Å². The van der Waals surface area contributed by atoms with E-state index >= 15 is 0 Å². The molecule has 0 bridgehead atoms. The molecule has 9 heteroatoms. The zero-order valence-electron chi connectivity index (χ0n) is 21.1. The van der Waals surface area contributed by atoms with Crippen LogP contribution in [0.5, 0.6) is 0 Å². The molecular weight excluding hydrogens is 563 g/mol. The maximum Gasteiger partial charge on any atom is 0.339 e. The van der Waals surface area contributed by atoms with E-state index in [1.165, 1.54) is 18.2 Å². The number of imide groups is 1. The first-order chi connectivity index (χ1) is 19.8. The van der Waals surface area contributed by atoms with Crippen molar-refractivity contribution < 1.29 is 23.9 Å². The second-order valence-electron chi connectivity index (χ2n) is 9.23. The van der Waals surface area contributed by atoms with Crippen LogP contribution >= 0.6 is 23.2 Å². The van der Waals surface area contributed by atoms with Crippen LogP contribution < -0.4 is 4.90 Å². The molecular formula is C32H18Cl2N2O5. The van der Waals surface area contributed by atoms with Crippen LogP contribution in [0.25, 0.3) is 22.2 Å². The Hall–Kier alpha value is -4.85. The van der Waals surface area contributed by atoms with E-state index in [1.807, 2.05) is 0 Å². The van der Waals surface area contributed by atoms with Gasteiger partial charge in [0, 0.05) is 21.5 Å². The number of ether oxygens (including phenoxy) is 1. The number of para-hydroxylation sites is 1. The van der Waals surface area contributed by atoms with Gasteiger partial charge in [0.2, 0.25) is 5.78 Å².